The molecule has 0 aliphatic heterocycles. The van der Waals surface area contributed by atoms with Crippen LogP contribution in [-0.4, -0.2) is 5.54 Å². The summed E-state index contributed by atoms with van der Waals surface area (Å²) in [6.07, 6.45) is 1.05. The van der Waals surface area contributed by atoms with E-state index in [-0.39, 0.29) is 11.4 Å². The molecule has 1 aromatic carbocycles. The fourth-order valence-electron chi connectivity index (χ4n) is 1.18. The molecule has 84 valence electrons. The second-order valence-electron chi connectivity index (χ2n) is 4.37. The summed E-state index contributed by atoms with van der Waals surface area (Å²) in [5.41, 5.74) is 1.06. The zero-order valence-electron chi connectivity index (χ0n) is 9.40. The van der Waals surface area contributed by atoms with E-state index in [1.165, 1.54) is 6.07 Å². The van der Waals surface area contributed by atoms with Crippen molar-refractivity contribution < 1.29 is 4.39 Å². The van der Waals surface area contributed by atoms with Crippen LogP contribution in [0.3, 0.4) is 0 Å². The lowest BCUT2D eigenvalue weighted by molar-refractivity contribution is 0.374. The third-order valence-electron chi connectivity index (χ3n) is 2.58. The molecular formula is C12H17BrFN. The molecule has 0 fully saturated rings. The van der Waals surface area contributed by atoms with Gasteiger partial charge in [-0.3, -0.25) is 0 Å². The highest BCUT2D eigenvalue weighted by Gasteiger charge is 2.13. The van der Waals surface area contributed by atoms with Gasteiger partial charge in [-0.2, -0.15) is 0 Å². The van der Waals surface area contributed by atoms with Gasteiger partial charge in [0.05, 0.1) is 0 Å². The predicted molar refractivity (Wildman–Crippen MR) is 65.3 cm³/mol. The van der Waals surface area contributed by atoms with E-state index in [0.717, 1.165) is 16.5 Å². The van der Waals surface area contributed by atoms with Crippen LogP contribution >= 0.6 is 15.9 Å². The van der Waals surface area contributed by atoms with Crippen LogP contribution in [0.5, 0.6) is 0 Å². The molecule has 3 heteroatoms. The third-order valence-corrected chi connectivity index (χ3v) is 3.04. The van der Waals surface area contributed by atoms with Gasteiger partial charge in [-0.1, -0.05) is 22.9 Å². The summed E-state index contributed by atoms with van der Waals surface area (Å²) >= 11 is 3.28. The molecule has 0 atom stereocenters. The van der Waals surface area contributed by atoms with Crippen molar-refractivity contribution in [2.24, 2.45) is 0 Å². The molecule has 0 spiro atoms. The van der Waals surface area contributed by atoms with Crippen molar-refractivity contribution in [3.8, 4) is 0 Å². The minimum atomic E-state index is -0.199. The van der Waals surface area contributed by atoms with Crippen molar-refractivity contribution >= 4 is 15.9 Å². The van der Waals surface area contributed by atoms with E-state index in [9.17, 15) is 4.39 Å². The highest BCUT2D eigenvalue weighted by atomic mass is 79.9. The monoisotopic (exact) mass is 273 g/mol. The number of rotatable bonds is 4. The largest absolute Gasteiger partial charge is 0.308 e. The number of hydrogen-bond acceptors (Lipinski definition) is 1. The second-order valence-corrected chi connectivity index (χ2v) is 5.28. The average Bonchev–Trinajstić information content (AvgIpc) is 2.14. The van der Waals surface area contributed by atoms with Crippen LogP contribution in [0.2, 0.25) is 0 Å². The lowest BCUT2D eigenvalue weighted by Gasteiger charge is -2.24. The van der Waals surface area contributed by atoms with E-state index in [2.05, 4.69) is 42.0 Å². The zero-order valence-corrected chi connectivity index (χ0v) is 11.0. The maximum absolute atomic E-state index is 13.1. The molecule has 0 heterocycles. The molecule has 15 heavy (non-hydrogen) atoms. The van der Waals surface area contributed by atoms with Gasteiger partial charge < -0.3 is 5.32 Å². The molecule has 0 saturated carbocycles. The Hall–Kier alpha value is -0.410. The summed E-state index contributed by atoms with van der Waals surface area (Å²) in [5, 5.41) is 3.39. The van der Waals surface area contributed by atoms with Gasteiger partial charge in [-0.05, 0) is 44.0 Å². The van der Waals surface area contributed by atoms with E-state index >= 15 is 0 Å². The molecule has 1 N–H and O–H groups in total. The third kappa shape index (κ3) is 4.31. The summed E-state index contributed by atoms with van der Waals surface area (Å²) in [6.45, 7) is 7.11. The van der Waals surface area contributed by atoms with E-state index in [0.29, 0.717) is 6.54 Å². The molecule has 1 rings (SSSR count). The lowest BCUT2D eigenvalue weighted by Crippen LogP contribution is -2.37. The first kappa shape index (κ1) is 12.7. The maximum Gasteiger partial charge on any atom is 0.124 e. The SMILES string of the molecule is CCC(C)(C)NCc1cc(F)cc(Br)c1. The van der Waals surface area contributed by atoms with Gasteiger partial charge in [-0.25, -0.2) is 4.39 Å². The summed E-state index contributed by atoms with van der Waals surface area (Å²) in [6, 6.07) is 4.96. The molecule has 0 unspecified atom stereocenters. The summed E-state index contributed by atoms with van der Waals surface area (Å²) < 4.78 is 13.9. The lowest BCUT2D eigenvalue weighted by atomic mass is 10.0. The normalized spacial score (nSPS) is 11.8. The molecule has 1 aromatic rings. The quantitative estimate of drug-likeness (QED) is 0.879. The fourth-order valence-corrected chi connectivity index (χ4v) is 1.69. The van der Waals surface area contributed by atoms with Crippen molar-refractivity contribution in [1.29, 1.82) is 0 Å². The van der Waals surface area contributed by atoms with Gasteiger partial charge >= 0.3 is 0 Å². The molecule has 0 bridgehead atoms. The fraction of sp³-hybridized carbons (Fsp3) is 0.500. The van der Waals surface area contributed by atoms with Crippen LogP contribution < -0.4 is 5.32 Å². The Morgan fingerprint density at radius 2 is 2.00 bits per heavy atom. The van der Waals surface area contributed by atoms with Gasteiger partial charge in [0, 0.05) is 16.6 Å². The molecular weight excluding hydrogens is 257 g/mol. The zero-order chi connectivity index (χ0) is 11.5. The smallest absolute Gasteiger partial charge is 0.124 e. The number of halogens is 2. The first-order chi connectivity index (χ1) is 6.93. The van der Waals surface area contributed by atoms with Crippen LogP contribution in [-0.2, 0) is 6.54 Å². The Balaban J connectivity index is 2.65. The van der Waals surface area contributed by atoms with Crippen LogP contribution in [0.25, 0.3) is 0 Å². The predicted octanol–water partition coefficient (Wildman–Crippen LogP) is 3.87. The van der Waals surface area contributed by atoms with Gasteiger partial charge in [0.1, 0.15) is 5.82 Å². The van der Waals surface area contributed by atoms with Crippen molar-refractivity contribution in [2.45, 2.75) is 39.3 Å². The van der Waals surface area contributed by atoms with Gasteiger partial charge in [0.2, 0.25) is 0 Å². The van der Waals surface area contributed by atoms with E-state index in [1.54, 1.807) is 6.07 Å². The number of benzene rings is 1. The summed E-state index contributed by atoms with van der Waals surface area (Å²) in [4.78, 5) is 0. The first-order valence-corrected chi connectivity index (χ1v) is 5.92. The van der Waals surface area contributed by atoms with Crippen LogP contribution in [0, 0.1) is 5.82 Å². The maximum atomic E-state index is 13.1. The molecule has 0 saturated heterocycles. The number of hydrogen-bond donors (Lipinski definition) is 1. The first-order valence-electron chi connectivity index (χ1n) is 5.13. The van der Waals surface area contributed by atoms with E-state index < -0.39 is 0 Å². The van der Waals surface area contributed by atoms with Gasteiger partial charge in [0.25, 0.3) is 0 Å². The molecule has 0 amide bonds. The summed E-state index contributed by atoms with van der Waals surface area (Å²) in [7, 11) is 0. The van der Waals surface area contributed by atoms with Gasteiger partial charge in [-0.15, -0.1) is 0 Å². The van der Waals surface area contributed by atoms with Crippen molar-refractivity contribution in [1.82, 2.24) is 5.32 Å². The average molecular weight is 274 g/mol. The Morgan fingerprint density at radius 3 is 2.53 bits per heavy atom. The Bertz CT molecular complexity index is 316. The van der Waals surface area contributed by atoms with Crippen molar-refractivity contribution in [3.63, 3.8) is 0 Å². The van der Waals surface area contributed by atoms with Crippen LogP contribution in [0.1, 0.15) is 32.8 Å². The topological polar surface area (TPSA) is 12.0 Å². The molecule has 1 nitrogen and oxygen atoms in total. The van der Waals surface area contributed by atoms with E-state index in [1.807, 2.05) is 6.07 Å². The molecule has 0 aromatic heterocycles. The van der Waals surface area contributed by atoms with Crippen LogP contribution in [0.4, 0.5) is 4.39 Å². The summed E-state index contributed by atoms with van der Waals surface area (Å²) in [5.74, 6) is -0.199. The Morgan fingerprint density at radius 1 is 1.33 bits per heavy atom. The van der Waals surface area contributed by atoms with E-state index in [4.69, 9.17) is 0 Å². The highest BCUT2D eigenvalue weighted by molar-refractivity contribution is 9.10. The standard InChI is InChI=1S/C12H17BrFN/c1-4-12(2,3)15-8-9-5-10(13)7-11(14)6-9/h5-7,15H,4,8H2,1-3H3. The van der Waals surface area contributed by atoms with Crippen molar-refractivity contribution in [2.75, 3.05) is 0 Å². The molecule has 0 radical (unpaired) electrons. The second kappa shape index (κ2) is 5.08. The Labute approximate surface area is 99.2 Å². The molecule has 0 aliphatic rings. The van der Waals surface area contributed by atoms with Crippen molar-refractivity contribution in [3.05, 3.63) is 34.1 Å². The van der Waals surface area contributed by atoms with Crippen LogP contribution in [0.15, 0.2) is 22.7 Å². The van der Waals surface area contributed by atoms with Gasteiger partial charge in [0.15, 0.2) is 0 Å². The highest BCUT2D eigenvalue weighted by Crippen LogP contribution is 2.16. The molecule has 0 aliphatic carbocycles. The Kier molecular flexibility index (Phi) is 4.29. The number of nitrogens with one attached hydrogen (secondary N) is 1. The minimum Gasteiger partial charge on any atom is -0.308 e. The minimum absolute atomic E-state index is 0.0960.